The number of thiophene rings is 2. The van der Waals surface area contributed by atoms with E-state index in [-0.39, 0.29) is 0 Å². The summed E-state index contributed by atoms with van der Waals surface area (Å²) in [6.07, 6.45) is 0. The van der Waals surface area contributed by atoms with Crippen molar-refractivity contribution in [1.29, 1.82) is 0 Å². The van der Waals surface area contributed by atoms with E-state index in [1.54, 1.807) is 11.3 Å². The van der Waals surface area contributed by atoms with Crippen LogP contribution in [-0.4, -0.2) is 0 Å². The zero-order valence-corrected chi connectivity index (χ0v) is 23.9. The van der Waals surface area contributed by atoms with E-state index >= 15 is 0 Å². The number of nitrogen functional groups attached to an aromatic ring is 1. The normalized spacial score (nSPS) is 12.4. The van der Waals surface area contributed by atoms with Crippen LogP contribution < -0.4 is 27.3 Å². The predicted octanol–water partition coefficient (Wildman–Crippen LogP) is 7.11. The monoisotopic (exact) mass is 565 g/mol. The van der Waals surface area contributed by atoms with Gasteiger partial charge in [-0.25, -0.2) is 0 Å². The van der Waals surface area contributed by atoms with E-state index in [0.717, 1.165) is 49.2 Å². The lowest BCUT2D eigenvalue weighted by molar-refractivity contribution is -0.167. The summed E-state index contributed by atoms with van der Waals surface area (Å²) in [6, 6.07) is 35.9. The molecule has 0 bridgehead atoms. The zero-order valence-electron chi connectivity index (χ0n) is 22.2. The molecule has 8 rings (SSSR count). The SMILES string of the molecule is Cc1ccc(-c2cc3c(=[NH2+])c4cc5c(cc4c3s2)/c(=N/Nc2ccccc2)c2cc(-c3ccc(N)cc3)sc25)cc1. The van der Waals surface area contributed by atoms with Crippen LogP contribution in [0.5, 0.6) is 0 Å². The molecule has 0 saturated heterocycles. The first-order valence-electron chi connectivity index (χ1n) is 13.5. The largest absolute Gasteiger partial charge is 0.399 e. The van der Waals surface area contributed by atoms with Crippen LogP contribution in [-0.2, 0) is 0 Å². The van der Waals surface area contributed by atoms with Crippen molar-refractivity contribution in [3.63, 3.8) is 0 Å². The Morgan fingerprint density at radius 2 is 1.22 bits per heavy atom. The number of nitrogens with zero attached hydrogens (tertiary/aromatic N) is 1. The van der Waals surface area contributed by atoms with E-state index in [9.17, 15) is 0 Å². The van der Waals surface area contributed by atoms with Gasteiger partial charge in [0.1, 0.15) is 0 Å². The summed E-state index contributed by atoms with van der Waals surface area (Å²) in [7, 11) is 0. The molecule has 6 aromatic carbocycles. The molecule has 6 heteroatoms. The van der Waals surface area contributed by atoms with Crippen molar-refractivity contribution in [2.45, 2.75) is 6.92 Å². The molecular formula is C35H25N4S2+. The lowest BCUT2D eigenvalue weighted by Gasteiger charge is -2.00. The van der Waals surface area contributed by atoms with Crippen LogP contribution in [0.3, 0.4) is 0 Å². The van der Waals surface area contributed by atoms with Gasteiger partial charge in [-0.2, -0.15) is 5.10 Å². The fourth-order valence-electron chi connectivity index (χ4n) is 5.65. The second-order valence-corrected chi connectivity index (χ2v) is 12.6. The molecule has 0 radical (unpaired) electrons. The van der Waals surface area contributed by atoms with E-state index in [0.29, 0.717) is 0 Å². The van der Waals surface area contributed by atoms with Gasteiger partial charge in [0.05, 0.1) is 21.8 Å². The molecule has 5 N–H and O–H groups in total. The minimum absolute atomic E-state index is 0.761. The molecule has 0 aliphatic rings. The summed E-state index contributed by atoms with van der Waals surface area (Å²) < 4.78 is 2.44. The van der Waals surface area contributed by atoms with Crippen LogP contribution in [0.15, 0.2) is 108 Å². The maximum atomic E-state index is 6.84. The van der Waals surface area contributed by atoms with Gasteiger partial charge in [-0.05, 0) is 66.6 Å². The van der Waals surface area contributed by atoms with Crippen LogP contribution in [0.2, 0.25) is 0 Å². The van der Waals surface area contributed by atoms with Crippen LogP contribution in [0.25, 0.3) is 62.6 Å². The maximum absolute atomic E-state index is 6.84. The molecule has 4 nitrogen and oxygen atoms in total. The molecule has 0 aliphatic carbocycles. The Kier molecular flexibility index (Phi) is 5.35. The first-order valence-corrected chi connectivity index (χ1v) is 15.1. The number of fused-ring (bicyclic) bond motifs is 6. The predicted molar refractivity (Wildman–Crippen MR) is 175 cm³/mol. The first kappa shape index (κ1) is 24.1. The van der Waals surface area contributed by atoms with Crippen LogP contribution in [0, 0.1) is 6.92 Å². The van der Waals surface area contributed by atoms with Gasteiger partial charge >= 0.3 is 0 Å². The van der Waals surface area contributed by atoms with E-state index in [1.165, 1.54) is 41.1 Å². The molecule has 0 aliphatic heterocycles. The number of benzene rings is 4. The zero-order chi connectivity index (χ0) is 27.7. The van der Waals surface area contributed by atoms with Crippen molar-refractivity contribution in [2.75, 3.05) is 11.2 Å². The molecule has 0 spiro atoms. The van der Waals surface area contributed by atoms with E-state index in [4.69, 9.17) is 16.2 Å². The summed E-state index contributed by atoms with van der Waals surface area (Å²) in [5, 5.41) is 20.5. The average molecular weight is 566 g/mol. The standard InChI is InChI=1S/C35H24N4S2/c1-19-7-9-20(10-8-19)30-17-28-32(37)24-15-27-25(16-26(24)34(28)40-30)33(39-38-23-5-3-2-4-6-23)29-18-31(41-35(27)29)21-11-13-22(36)14-12-21/h2-18,37-38H,36H2,1H3/p+1/b37-32?,39-33-. The Bertz CT molecular complexity index is 2350. The van der Waals surface area contributed by atoms with Gasteiger partial charge in [-0.1, -0.05) is 60.2 Å². The quantitative estimate of drug-likeness (QED) is 0.157. The van der Waals surface area contributed by atoms with Gasteiger partial charge in [0.15, 0.2) is 0 Å². The van der Waals surface area contributed by atoms with Crippen LogP contribution in [0.1, 0.15) is 5.56 Å². The Labute approximate surface area is 243 Å². The number of anilines is 2. The van der Waals surface area contributed by atoms with Gasteiger partial charge in [0.25, 0.3) is 0 Å². The fraction of sp³-hybridized carbons (Fsp3) is 0.0286. The molecule has 0 fully saturated rings. The molecule has 0 saturated carbocycles. The van der Waals surface area contributed by atoms with Crippen molar-refractivity contribution >= 4 is 75.8 Å². The molecule has 0 amide bonds. The molecule has 41 heavy (non-hydrogen) atoms. The molecule has 196 valence electrons. The molecule has 8 aromatic rings. The van der Waals surface area contributed by atoms with Gasteiger partial charge in [-0.15, -0.1) is 22.7 Å². The van der Waals surface area contributed by atoms with E-state index in [2.05, 4.69) is 73.0 Å². The molecule has 0 unspecified atom stereocenters. The Balaban J connectivity index is 1.38. The van der Waals surface area contributed by atoms with E-state index in [1.807, 2.05) is 53.8 Å². The minimum atomic E-state index is 0.761. The van der Waals surface area contributed by atoms with Gasteiger partial charge < -0.3 is 5.73 Å². The second kappa shape index (κ2) is 9.13. The third kappa shape index (κ3) is 3.87. The lowest BCUT2D eigenvalue weighted by Crippen LogP contribution is -2.44. The van der Waals surface area contributed by atoms with Gasteiger partial charge in [-0.3, -0.25) is 10.8 Å². The van der Waals surface area contributed by atoms with Crippen molar-refractivity contribution < 1.29 is 5.41 Å². The summed E-state index contributed by atoms with van der Waals surface area (Å²) in [6.45, 7) is 2.12. The van der Waals surface area contributed by atoms with Crippen molar-refractivity contribution in [3.05, 3.63) is 119 Å². The summed E-state index contributed by atoms with van der Waals surface area (Å²) in [4.78, 5) is 2.42. The number of aryl methyl sites for hydroxylation is 1. The number of nitrogens with one attached hydrogen (secondary N) is 1. The lowest BCUT2D eigenvalue weighted by atomic mass is 10.1. The van der Waals surface area contributed by atoms with Crippen molar-refractivity contribution in [1.82, 2.24) is 0 Å². The molecule has 2 heterocycles. The maximum Gasteiger partial charge on any atom is 0.213 e. The highest BCUT2D eigenvalue weighted by Gasteiger charge is 2.20. The summed E-state index contributed by atoms with van der Waals surface area (Å²) in [5.41, 5.74) is 14.6. The minimum Gasteiger partial charge on any atom is -0.399 e. The van der Waals surface area contributed by atoms with Crippen LogP contribution in [0.4, 0.5) is 11.4 Å². The average Bonchev–Trinajstić information content (AvgIpc) is 3.74. The first-order chi connectivity index (χ1) is 20.0. The number of para-hydroxylation sites is 1. The number of nitrogens with two attached hydrogens (primary N) is 2. The highest BCUT2D eigenvalue weighted by Crippen LogP contribution is 2.42. The Hall–Kier alpha value is -4.78. The third-order valence-corrected chi connectivity index (χ3v) is 10.2. The molecular weight excluding hydrogens is 541 g/mol. The van der Waals surface area contributed by atoms with Gasteiger partial charge in [0, 0.05) is 46.4 Å². The highest BCUT2D eigenvalue weighted by molar-refractivity contribution is 7.23. The molecule has 2 aromatic heterocycles. The smallest absolute Gasteiger partial charge is 0.213 e. The Morgan fingerprint density at radius 1 is 0.634 bits per heavy atom. The topological polar surface area (TPSA) is 76.0 Å². The van der Waals surface area contributed by atoms with E-state index < -0.39 is 0 Å². The summed E-state index contributed by atoms with van der Waals surface area (Å²) >= 11 is 3.59. The van der Waals surface area contributed by atoms with Gasteiger partial charge in [0.2, 0.25) is 5.36 Å². The van der Waals surface area contributed by atoms with Crippen LogP contribution >= 0.6 is 22.7 Å². The van der Waals surface area contributed by atoms with Crippen molar-refractivity contribution in [3.8, 4) is 20.9 Å². The third-order valence-electron chi connectivity index (χ3n) is 7.80. The number of rotatable bonds is 4. The molecule has 0 atom stereocenters. The fourth-order valence-corrected chi connectivity index (χ4v) is 8.05. The Morgan fingerprint density at radius 3 is 1.93 bits per heavy atom. The number of hydrogen-bond donors (Lipinski definition) is 3. The highest BCUT2D eigenvalue weighted by atomic mass is 32.1. The number of hydrogen-bond acceptors (Lipinski definition) is 5. The second-order valence-electron chi connectivity index (χ2n) is 10.5. The summed E-state index contributed by atoms with van der Waals surface area (Å²) in [5.74, 6) is 0. The van der Waals surface area contributed by atoms with Crippen molar-refractivity contribution in [2.24, 2.45) is 5.10 Å².